The molecule has 74 valence electrons. The summed E-state index contributed by atoms with van der Waals surface area (Å²) in [5.41, 5.74) is 0.844. The number of β-amino-alcohol motifs (C(OH)–C–C–N with tert-alkyl or cyclic N) is 1. The van der Waals surface area contributed by atoms with Crippen molar-refractivity contribution < 1.29 is 14.7 Å². The van der Waals surface area contributed by atoms with Crippen molar-refractivity contribution in [3.05, 3.63) is 35.4 Å². The zero-order valence-corrected chi connectivity index (χ0v) is 7.43. The molecule has 1 aromatic carbocycles. The topological polar surface area (TPSA) is 57.6 Å². The normalized spacial score (nSPS) is 13.8. The fourth-order valence-electron chi connectivity index (χ4n) is 1.54. The van der Waals surface area contributed by atoms with Crippen LogP contribution < -0.4 is 0 Å². The number of benzene rings is 1. The summed E-state index contributed by atoms with van der Waals surface area (Å²) in [6, 6.07) is 6.67. The third-order valence-electron chi connectivity index (χ3n) is 2.20. The Morgan fingerprint density at radius 2 is 1.53 bits per heavy atom. The van der Waals surface area contributed by atoms with Crippen LogP contribution in [-0.2, 0) is 0 Å². The monoisotopic (exact) mass is 215 g/mol. The van der Waals surface area contributed by atoms with E-state index in [0.29, 0.717) is 11.1 Å². The second-order valence-corrected chi connectivity index (χ2v) is 3.03. The molecule has 0 bridgehead atoms. The van der Waals surface area contributed by atoms with Gasteiger partial charge in [0.05, 0.1) is 24.3 Å². The third-order valence-corrected chi connectivity index (χ3v) is 2.20. The number of carbonyl (C=O) groups excluding carboxylic acids is 2. The first kappa shape index (κ1) is 12.4. The average molecular weight is 215 g/mol. The summed E-state index contributed by atoms with van der Waals surface area (Å²) in [4.78, 5) is 24.2. The predicted molar refractivity (Wildman–Crippen MR) is 56.0 cm³/mol. The van der Waals surface area contributed by atoms with Gasteiger partial charge in [-0.2, -0.15) is 0 Å². The molecule has 4 nitrogen and oxygen atoms in total. The summed E-state index contributed by atoms with van der Waals surface area (Å²) >= 11 is 0. The SMILES string of the molecule is O=C1c2ccccc2C(=O)N1CCO.[NaH]. The maximum absolute atomic E-state index is 11.6. The molecule has 5 heteroatoms. The summed E-state index contributed by atoms with van der Waals surface area (Å²) < 4.78 is 0. The molecule has 0 aliphatic carbocycles. The average Bonchev–Trinajstić information content (AvgIpc) is 2.45. The van der Waals surface area contributed by atoms with E-state index in [1.54, 1.807) is 24.3 Å². The van der Waals surface area contributed by atoms with E-state index >= 15 is 0 Å². The van der Waals surface area contributed by atoms with Gasteiger partial charge >= 0.3 is 29.6 Å². The van der Waals surface area contributed by atoms with Crippen molar-refractivity contribution >= 4 is 41.4 Å². The van der Waals surface area contributed by atoms with Gasteiger partial charge in [0.1, 0.15) is 0 Å². The maximum atomic E-state index is 11.6. The number of aliphatic hydroxyl groups is 1. The summed E-state index contributed by atoms with van der Waals surface area (Å²) in [5, 5.41) is 8.70. The van der Waals surface area contributed by atoms with Gasteiger partial charge in [-0.15, -0.1) is 0 Å². The first-order valence-corrected chi connectivity index (χ1v) is 4.32. The van der Waals surface area contributed by atoms with E-state index in [1.165, 1.54) is 0 Å². The molecule has 0 spiro atoms. The van der Waals surface area contributed by atoms with Crippen LogP contribution in [-0.4, -0.2) is 64.5 Å². The molecule has 0 unspecified atom stereocenters. The van der Waals surface area contributed by atoms with Crippen LogP contribution in [0.15, 0.2) is 24.3 Å². The van der Waals surface area contributed by atoms with E-state index < -0.39 is 0 Å². The first-order chi connectivity index (χ1) is 6.75. The second-order valence-electron chi connectivity index (χ2n) is 3.03. The Hall–Kier alpha value is -0.680. The molecule has 0 fully saturated rings. The molecule has 1 aliphatic rings. The van der Waals surface area contributed by atoms with Crippen molar-refractivity contribution in [2.24, 2.45) is 0 Å². The molecule has 1 aromatic rings. The molecule has 0 saturated carbocycles. The van der Waals surface area contributed by atoms with Crippen LogP contribution in [0.25, 0.3) is 0 Å². The van der Waals surface area contributed by atoms with Crippen LogP contribution in [0.2, 0.25) is 0 Å². The van der Waals surface area contributed by atoms with E-state index in [0.717, 1.165) is 4.90 Å². The first-order valence-electron chi connectivity index (χ1n) is 4.32. The van der Waals surface area contributed by atoms with E-state index in [1.807, 2.05) is 0 Å². The summed E-state index contributed by atoms with van der Waals surface area (Å²) in [6.45, 7) is -0.141. The Morgan fingerprint density at radius 1 is 1.07 bits per heavy atom. The summed E-state index contributed by atoms with van der Waals surface area (Å²) in [5.74, 6) is -0.640. The number of aliphatic hydroxyl groups excluding tert-OH is 1. The number of hydrogen-bond acceptors (Lipinski definition) is 3. The molecule has 0 radical (unpaired) electrons. The van der Waals surface area contributed by atoms with Gasteiger partial charge < -0.3 is 5.11 Å². The van der Waals surface area contributed by atoms with Crippen molar-refractivity contribution in [3.8, 4) is 0 Å². The van der Waals surface area contributed by atoms with Gasteiger partial charge in [-0.05, 0) is 12.1 Å². The number of hydrogen-bond donors (Lipinski definition) is 1. The zero-order valence-electron chi connectivity index (χ0n) is 7.43. The molecule has 2 amide bonds. The molecule has 0 aromatic heterocycles. The molecule has 2 rings (SSSR count). The van der Waals surface area contributed by atoms with E-state index in [4.69, 9.17) is 5.11 Å². The van der Waals surface area contributed by atoms with Crippen LogP contribution in [0.1, 0.15) is 20.7 Å². The number of fused-ring (bicyclic) bond motifs is 1. The van der Waals surface area contributed by atoms with Crippen LogP contribution in [0, 0.1) is 0 Å². The molecule has 1 heterocycles. The number of amides is 2. The Morgan fingerprint density at radius 3 is 1.93 bits per heavy atom. The van der Waals surface area contributed by atoms with E-state index in [-0.39, 0.29) is 54.5 Å². The van der Waals surface area contributed by atoms with Gasteiger partial charge in [-0.25, -0.2) is 0 Å². The van der Waals surface area contributed by atoms with Gasteiger partial charge in [0.15, 0.2) is 0 Å². The number of nitrogens with zero attached hydrogens (tertiary/aromatic N) is 1. The molecular weight excluding hydrogens is 205 g/mol. The number of rotatable bonds is 2. The van der Waals surface area contributed by atoms with Crippen molar-refractivity contribution in [1.29, 1.82) is 0 Å². The van der Waals surface area contributed by atoms with Crippen molar-refractivity contribution in [3.63, 3.8) is 0 Å². The fraction of sp³-hybridized carbons (Fsp3) is 0.200. The molecule has 0 saturated heterocycles. The predicted octanol–water partition coefficient (Wildman–Crippen LogP) is -0.374. The van der Waals surface area contributed by atoms with Crippen LogP contribution in [0.5, 0.6) is 0 Å². The van der Waals surface area contributed by atoms with Crippen LogP contribution >= 0.6 is 0 Å². The van der Waals surface area contributed by atoms with Gasteiger partial charge in [0.25, 0.3) is 11.8 Å². The van der Waals surface area contributed by atoms with Gasteiger partial charge in [0.2, 0.25) is 0 Å². The Kier molecular flexibility index (Phi) is 4.04. The van der Waals surface area contributed by atoms with E-state index in [2.05, 4.69) is 0 Å². The Bertz CT molecular complexity index is 370. The number of imide groups is 1. The van der Waals surface area contributed by atoms with Crippen LogP contribution in [0.3, 0.4) is 0 Å². The van der Waals surface area contributed by atoms with Gasteiger partial charge in [-0.3, -0.25) is 14.5 Å². The van der Waals surface area contributed by atoms with Gasteiger partial charge in [-0.1, -0.05) is 12.1 Å². The molecular formula is C10H10NNaO3. The molecule has 0 atom stereocenters. The zero-order chi connectivity index (χ0) is 10.1. The minimum absolute atomic E-state index is 0. The third kappa shape index (κ3) is 1.99. The summed E-state index contributed by atoms with van der Waals surface area (Å²) in [7, 11) is 0. The van der Waals surface area contributed by atoms with Gasteiger partial charge in [0, 0.05) is 0 Å². The second kappa shape index (κ2) is 4.90. The minimum atomic E-state index is -0.320. The quantitative estimate of drug-likeness (QED) is 0.540. The Labute approximate surface area is 109 Å². The van der Waals surface area contributed by atoms with Crippen molar-refractivity contribution in [2.45, 2.75) is 0 Å². The van der Waals surface area contributed by atoms with Crippen LogP contribution in [0.4, 0.5) is 0 Å². The standard InChI is InChI=1S/C10H9NO3.Na.H/c12-6-5-11-9(13)7-3-1-2-4-8(7)10(11)14;;/h1-4,12H,5-6H2;;. The number of carbonyl (C=O) groups is 2. The van der Waals surface area contributed by atoms with Crippen molar-refractivity contribution in [2.75, 3.05) is 13.2 Å². The fourth-order valence-corrected chi connectivity index (χ4v) is 1.54. The van der Waals surface area contributed by atoms with Crippen molar-refractivity contribution in [1.82, 2.24) is 4.90 Å². The molecule has 1 aliphatic heterocycles. The van der Waals surface area contributed by atoms with E-state index in [9.17, 15) is 9.59 Å². The summed E-state index contributed by atoms with van der Waals surface area (Å²) in [6.07, 6.45) is 0. The molecule has 15 heavy (non-hydrogen) atoms. The Balaban J connectivity index is 0.00000112. The molecule has 1 N–H and O–H groups in total.